The first-order chi connectivity index (χ1) is 9.76. The molecule has 0 aliphatic carbocycles. The highest BCUT2D eigenvalue weighted by atomic mass is 35.5. The van der Waals surface area contributed by atoms with Crippen molar-refractivity contribution >= 4 is 23.5 Å². The van der Waals surface area contributed by atoms with Crippen molar-refractivity contribution in [2.24, 2.45) is 0 Å². The van der Waals surface area contributed by atoms with Gasteiger partial charge in [0.05, 0.1) is 0 Å². The Labute approximate surface area is 124 Å². The molecule has 0 bridgehead atoms. The number of rotatable bonds is 5. The second-order valence-corrected chi connectivity index (χ2v) is 5.80. The van der Waals surface area contributed by atoms with Crippen molar-refractivity contribution in [3.05, 3.63) is 5.28 Å². The lowest BCUT2D eigenvalue weighted by Crippen LogP contribution is -2.34. The Morgan fingerprint density at radius 3 is 2.90 bits per heavy atom. The molecule has 0 spiro atoms. The van der Waals surface area contributed by atoms with E-state index in [0.717, 1.165) is 19.4 Å². The summed E-state index contributed by atoms with van der Waals surface area (Å²) in [5.74, 6) is 1.14. The third-order valence-electron chi connectivity index (χ3n) is 4.06. The van der Waals surface area contributed by atoms with E-state index in [-0.39, 0.29) is 5.28 Å². The van der Waals surface area contributed by atoms with Crippen molar-refractivity contribution in [1.82, 2.24) is 19.9 Å². The van der Waals surface area contributed by atoms with Gasteiger partial charge in [-0.15, -0.1) is 0 Å². The normalized spacial score (nSPS) is 25.7. The summed E-state index contributed by atoms with van der Waals surface area (Å²) in [6.07, 6.45) is 4.72. The van der Waals surface area contributed by atoms with Crippen LogP contribution in [0.2, 0.25) is 5.28 Å². The van der Waals surface area contributed by atoms with Crippen LogP contribution in [0.5, 0.6) is 0 Å². The second-order valence-electron chi connectivity index (χ2n) is 5.46. The van der Waals surface area contributed by atoms with Gasteiger partial charge in [-0.1, -0.05) is 6.92 Å². The predicted molar refractivity (Wildman–Crippen MR) is 80.2 cm³/mol. The Morgan fingerprint density at radius 1 is 1.20 bits per heavy atom. The van der Waals surface area contributed by atoms with E-state index in [9.17, 15) is 0 Å². The summed E-state index contributed by atoms with van der Waals surface area (Å²) < 4.78 is 0. The van der Waals surface area contributed by atoms with E-state index < -0.39 is 0 Å². The number of nitrogens with one attached hydrogen (secondary N) is 2. The van der Waals surface area contributed by atoms with Crippen molar-refractivity contribution in [1.29, 1.82) is 0 Å². The largest absolute Gasteiger partial charge is 0.354 e. The van der Waals surface area contributed by atoms with Crippen LogP contribution in [-0.4, -0.2) is 51.6 Å². The van der Waals surface area contributed by atoms with Gasteiger partial charge in [-0.25, -0.2) is 0 Å². The molecule has 0 aromatic carbocycles. The molecule has 0 saturated carbocycles. The van der Waals surface area contributed by atoms with Crippen molar-refractivity contribution in [2.45, 2.75) is 44.7 Å². The van der Waals surface area contributed by atoms with Crippen LogP contribution in [0, 0.1) is 0 Å². The summed E-state index contributed by atoms with van der Waals surface area (Å²) in [6, 6.07) is 1.05. The zero-order valence-electron chi connectivity index (χ0n) is 11.8. The minimum Gasteiger partial charge on any atom is -0.354 e. The zero-order chi connectivity index (χ0) is 13.9. The SMILES string of the molecule is CCCNc1nc(Cl)nc(NC2CCN3CCCC23)n1. The van der Waals surface area contributed by atoms with Crippen molar-refractivity contribution < 1.29 is 0 Å². The minimum absolute atomic E-state index is 0.238. The number of hydrogen-bond donors (Lipinski definition) is 2. The number of nitrogens with zero attached hydrogens (tertiary/aromatic N) is 4. The van der Waals surface area contributed by atoms with Crippen LogP contribution in [0.4, 0.5) is 11.9 Å². The Morgan fingerprint density at radius 2 is 2.05 bits per heavy atom. The highest BCUT2D eigenvalue weighted by molar-refractivity contribution is 6.28. The van der Waals surface area contributed by atoms with Crippen LogP contribution < -0.4 is 10.6 Å². The quantitative estimate of drug-likeness (QED) is 0.866. The lowest BCUT2D eigenvalue weighted by atomic mass is 10.1. The second kappa shape index (κ2) is 6.10. The van der Waals surface area contributed by atoms with Gasteiger partial charge in [0.1, 0.15) is 0 Å². The molecule has 7 heteroatoms. The van der Waals surface area contributed by atoms with E-state index in [4.69, 9.17) is 11.6 Å². The lowest BCUT2D eigenvalue weighted by molar-refractivity contribution is 0.318. The van der Waals surface area contributed by atoms with Crippen LogP contribution in [0.15, 0.2) is 0 Å². The Hall–Kier alpha value is -1.14. The molecule has 0 amide bonds. The van der Waals surface area contributed by atoms with Gasteiger partial charge in [-0.2, -0.15) is 15.0 Å². The number of aromatic nitrogens is 3. The first kappa shape index (κ1) is 13.8. The Kier molecular flexibility index (Phi) is 4.21. The Balaban J connectivity index is 1.68. The van der Waals surface area contributed by atoms with Crippen LogP contribution in [0.25, 0.3) is 0 Å². The predicted octanol–water partition coefficient (Wildman–Crippen LogP) is 2.00. The average Bonchev–Trinajstić information content (AvgIpc) is 3.01. The highest BCUT2D eigenvalue weighted by Crippen LogP contribution is 2.29. The van der Waals surface area contributed by atoms with E-state index in [0.29, 0.717) is 24.0 Å². The number of hydrogen-bond acceptors (Lipinski definition) is 6. The molecule has 2 atom stereocenters. The fraction of sp³-hybridized carbons (Fsp3) is 0.769. The third kappa shape index (κ3) is 2.96. The summed E-state index contributed by atoms with van der Waals surface area (Å²) in [4.78, 5) is 15.2. The topological polar surface area (TPSA) is 66.0 Å². The van der Waals surface area contributed by atoms with Gasteiger partial charge in [0.15, 0.2) is 0 Å². The van der Waals surface area contributed by atoms with Gasteiger partial charge in [0.2, 0.25) is 17.2 Å². The van der Waals surface area contributed by atoms with E-state index in [2.05, 4.69) is 37.4 Å². The van der Waals surface area contributed by atoms with Gasteiger partial charge in [-0.05, 0) is 43.8 Å². The molecule has 6 nitrogen and oxygen atoms in total. The van der Waals surface area contributed by atoms with Gasteiger partial charge >= 0.3 is 0 Å². The molecule has 110 valence electrons. The minimum atomic E-state index is 0.238. The molecular formula is C13H21ClN6. The maximum Gasteiger partial charge on any atom is 0.229 e. The van der Waals surface area contributed by atoms with Crippen LogP contribution in [-0.2, 0) is 0 Å². The summed E-state index contributed by atoms with van der Waals surface area (Å²) in [7, 11) is 0. The number of anilines is 2. The Bertz CT molecular complexity index is 468. The van der Waals surface area contributed by atoms with Crippen LogP contribution in [0.1, 0.15) is 32.6 Å². The third-order valence-corrected chi connectivity index (χ3v) is 4.23. The molecule has 20 heavy (non-hydrogen) atoms. The standard InChI is InChI=1S/C13H21ClN6/c1-2-6-15-12-17-11(14)18-13(19-12)16-9-5-8-20-7-3-4-10(9)20/h9-10H,2-8H2,1H3,(H2,15,16,17,18,19). The molecule has 3 rings (SSSR count). The molecule has 2 aliphatic rings. The first-order valence-corrected chi connectivity index (χ1v) is 7.80. The summed E-state index contributed by atoms with van der Waals surface area (Å²) in [5, 5.41) is 6.83. The van der Waals surface area contributed by atoms with Crippen LogP contribution >= 0.6 is 11.6 Å². The van der Waals surface area contributed by atoms with E-state index in [1.807, 2.05) is 0 Å². The zero-order valence-corrected chi connectivity index (χ0v) is 12.5. The molecule has 0 radical (unpaired) electrons. The van der Waals surface area contributed by atoms with Gasteiger partial charge in [0.25, 0.3) is 0 Å². The van der Waals surface area contributed by atoms with Crippen molar-refractivity contribution in [3.63, 3.8) is 0 Å². The van der Waals surface area contributed by atoms with Crippen LogP contribution in [0.3, 0.4) is 0 Å². The summed E-state index contributed by atoms with van der Waals surface area (Å²) >= 11 is 5.97. The number of halogens is 1. The molecule has 1 aromatic rings. The molecule has 1 aromatic heterocycles. The maximum absolute atomic E-state index is 5.97. The molecule has 2 unspecified atom stereocenters. The fourth-order valence-electron chi connectivity index (χ4n) is 3.15. The molecule has 2 fully saturated rings. The van der Waals surface area contributed by atoms with E-state index in [1.165, 1.54) is 25.9 Å². The van der Waals surface area contributed by atoms with E-state index >= 15 is 0 Å². The van der Waals surface area contributed by atoms with E-state index in [1.54, 1.807) is 0 Å². The summed E-state index contributed by atoms with van der Waals surface area (Å²) in [6.45, 7) is 5.33. The number of fused-ring (bicyclic) bond motifs is 1. The van der Waals surface area contributed by atoms with Gasteiger partial charge < -0.3 is 10.6 Å². The smallest absolute Gasteiger partial charge is 0.229 e. The lowest BCUT2D eigenvalue weighted by Gasteiger charge is -2.21. The van der Waals surface area contributed by atoms with Crippen molar-refractivity contribution in [3.8, 4) is 0 Å². The highest BCUT2D eigenvalue weighted by Gasteiger charge is 2.37. The maximum atomic E-state index is 5.97. The van der Waals surface area contributed by atoms with Gasteiger partial charge in [0, 0.05) is 25.2 Å². The summed E-state index contributed by atoms with van der Waals surface area (Å²) in [5.41, 5.74) is 0. The monoisotopic (exact) mass is 296 g/mol. The molecule has 3 heterocycles. The average molecular weight is 297 g/mol. The fourth-order valence-corrected chi connectivity index (χ4v) is 3.31. The first-order valence-electron chi connectivity index (χ1n) is 7.42. The van der Waals surface area contributed by atoms with Gasteiger partial charge in [-0.3, -0.25) is 4.90 Å². The molecule has 2 N–H and O–H groups in total. The van der Waals surface area contributed by atoms with Crippen molar-refractivity contribution in [2.75, 3.05) is 30.3 Å². The molecule has 2 aliphatic heterocycles. The molecule has 2 saturated heterocycles. The molecular weight excluding hydrogens is 276 g/mol.